The number of carboxylic acids is 1. The first-order valence-corrected chi connectivity index (χ1v) is 10.8. The molecule has 0 aliphatic rings. The zero-order chi connectivity index (χ0) is 26.7. The van der Waals surface area contributed by atoms with E-state index in [0.717, 1.165) is 6.92 Å². The molecule has 0 heterocycles. The quantitative estimate of drug-likeness (QED) is 0.227. The van der Waals surface area contributed by atoms with Gasteiger partial charge >= 0.3 is 0 Å². The maximum atomic E-state index is 13.0. The number of amidine groups is 1. The van der Waals surface area contributed by atoms with Crippen LogP contribution in [0.25, 0.3) is 0 Å². The minimum Gasteiger partial charge on any atom is -0.483 e. The van der Waals surface area contributed by atoms with Crippen molar-refractivity contribution in [2.24, 2.45) is 5.73 Å². The molecule has 9 nitrogen and oxygen atoms in total. The van der Waals surface area contributed by atoms with Crippen LogP contribution in [0.2, 0.25) is 5.02 Å². The fourth-order valence-electron chi connectivity index (χ4n) is 2.78. The summed E-state index contributed by atoms with van der Waals surface area (Å²) >= 11 is 5.93. The van der Waals surface area contributed by atoms with Crippen LogP contribution in [-0.2, 0) is 16.1 Å². The number of carbonyl (C=O) groups excluding carboxylic acids is 2. The molecule has 0 radical (unpaired) electrons. The Kier molecular flexibility index (Phi) is 10.4. The van der Waals surface area contributed by atoms with E-state index in [1.807, 2.05) is 0 Å². The van der Waals surface area contributed by atoms with Crippen LogP contribution in [0.1, 0.15) is 28.4 Å². The lowest BCUT2D eigenvalue weighted by Gasteiger charge is -2.14. The van der Waals surface area contributed by atoms with E-state index in [1.165, 1.54) is 30.3 Å². The zero-order valence-corrected chi connectivity index (χ0v) is 19.9. The Bertz CT molecular complexity index is 1250. The van der Waals surface area contributed by atoms with Crippen LogP contribution >= 0.6 is 11.6 Å². The molecular weight excluding hydrogens is 491 g/mol. The van der Waals surface area contributed by atoms with Crippen molar-refractivity contribution in [3.8, 4) is 5.75 Å². The topological polar surface area (TPSA) is 155 Å². The Hall–Kier alpha value is -4.44. The third kappa shape index (κ3) is 9.43. The SMILES string of the molecule is CC(=O)O.N=C(N)c1ccc(CNC(=O)c2cccc(Cl)c2)c(OCC(=O)Nc2ccc(F)cc2)c1. The van der Waals surface area contributed by atoms with E-state index in [2.05, 4.69) is 10.6 Å². The van der Waals surface area contributed by atoms with Gasteiger partial charge in [0, 0.05) is 40.9 Å². The largest absolute Gasteiger partial charge is 0.483 e. The van der Waals surface area contributed by atoms with Gasteiger partial charge in [-0.15, -0.1) is 0 Å². The second-order valence-corrected chi connectivity index (χ2v) is 7.73. The molecule has 11 heteroatoms. The standard InChI is InChI=1S/C23H20ClFN4O3.C2H4O2/c24-17-3-1-2-15(10-17)23(31)28-12-16-5-4-14(22(26)27)11-20(16)32-13-21(30)29-19-8-6-18(25)7-9-19;1-2(3)4/h1-11H,12-13H2,(H3,26,27)(H,28,31)(H,29,30);1H3,(H,3,4). The summed E-state index contributed by atoms with van der Waals surface area (Å²) in [4.78, 5) is 33.6. The highest BCUT2D eigenvalue weighted by molar-refractivity contribution is 6.30. The first kappa shape index (κ1) is 27.8. The van der Waals surface area contributed by atoms with Crippen molar-refractivity contribution in [2.45, 2.75) is 13.5 Å². The fourth-order valence-corrected chi connectivity index (χ4v) is 2.97. The van der Waals surface area contributed by atoms with E-state index in [1.54, 1.807) is 36.4 Å². The van der Waals surface area contributed by atoms with Crippen LogP contribution in [0.3, 0.4) is 0 Å². The molecule has 0 aliphatic heterocycles. The number of carbonyl (C=O) groups is 3. The van der Waals surface area contributed by atoms with E-state index in [9.17, 15) is 14.0 Å². The van der Waals surface area contributed by atoms with Gasteiger partial charge in [0.05, 0.1) is 0 Å². The number of nitrogen functional groups attached to an aromatic ring is 1. The third-order valence-electron chi connectivity index (χ3n) is 4.39. The van der Waals surface area contributed by atoms with Crippen molar-refractivity contribution >= 4 is 40.9 Å². The van der Waals surface area contributed by atoms with Gasteiger partial charge in [0.1, 0.15) is 17.4 Å². The fraction of sp³-hybridized carbons (Fsp3) is 0.120. The Morgan fingerprint density at radius 3 is 2.33 bits per heavy atom. The third-order valence-corrected chi connectivity index (χ3v) is 4.63. The van der Waals surface area contributed by atoms with Gasteiger partial charge in [0.25, 0.3) is 17.8 Å². The van der Waals surface area contributed by atoms with Crippen LogP contribution in [0.15, 0.2) is 66.7 Å². The lowest BCUT2D eigenvalue weighted by molar-refractivity contribution is -0.134. The number of hydrogen-bond acceptors (Lipinski definition) is 5. The second-order valence-electron chi connectivity index (χ2n) is 7.29. The molecule has 2 amide bonds. The summed E-state index contributed by atoms with van der Waals surface area (Å²) in [5.41, 5.74) is 7.37. The number of anilines is 1. The zero-order valence-electron chi connectivity index (χ0n) is 19.2. The molecule has 3 rings (SSSR count). The summed E-state index contributed by atoms with van der Waals surface area (Å²) in [5.74, 6) is -1.91. The van der Waals surface area contributed by atoms with Gasteiger partial charge in [-0.25, -0.2) is 4.39 Å². The van der Waals surface area contributed by atoms with Crippen molar-refractivity contribution in [1.82, 2.24) is 5.32 Å². The number of nitrogens with one attached hydrogen (secondary N) is 3. The van der Waals surface area contributed by atoms with Gasteiger partial charge in [-0.3, -0.25) is 19.8 Å². The molecule has 188 valence electrons. The van der Waals surface area contributed by atoms with Crippen molar-refractivity contribution in [1.29, 1.82) is 5.41 Å². The number of hydrogen-bond donors (Lipinski definition) is 5. The van der Waals surface area contributed by atoms with E-state index in [-0.39, 0.29) is 24.9 Å². The molecule has 0 spiro atoms. The lowest BCUT2D eigenvalue weighted by atomic mass is 10.1. The highest BCUT2D eigenvalue weighted by atomic mass is 35.5. The van der Waals surface area contributed by atoms with Crippen molar-refractivity contribution < 1.29 is 28.6 Å². The Morgan fingerprint density at radius 2 is 1.72 bits per heavy atom. The Labute approximate surface area is 211 Å². The van der Waals surface area contributed by atoms with Crippen LogP contribution in [0.4, 0.5) is 10.1 Å². The van der Waals surface area contributed by atoms with Gasteiger partial charge < -0.3 is 26.2 Å². The molecule has 0 saturated heterocycles. The number of ether oxygens (including phenoxy) is 1. The number of benzene rings is 3. The average molecular weight is 515 g/mol. The molecule has 3 aromatic carbocycles. The molecule has 36 heavy (non-hydrogen) atoms. The van der Waals surface area contributed by atoms with Crippen LogP contribution in [0, 0.1) is 11.2 Å². The summed E-state index contributed by atoms with van der Waals surface area (Å²) in [5, 5.41) is 20.8. The first-order chi connectivity index (χ1) is 17.0. The molecule has 0 bridgehead atoms. The number of halogens is 2. The van der Waals surface area contributed by atoms with E-state index >= 15 is 0 Å². The summed E-state index contributed by atoms with van der Waals surface area (Å²) in [6.45, 7) is 0.854. The van der Waals surface area contributed by atoms with Gasteiger partial charge in [0.2, 0.25) is 0 Å². The minimum atomic E-state index is -0.833. The number of amides is 2. The van der Waals surface area contributed by atoms with Gasteiger partial charge in [-0.1, -0.05) is 29.8 Å². The summed E-state index contributed by atoms with van der Waals surface area (Å²) < 4.78 is 18.6. The second kappa shape index (κ2) is 13.4. The summed E-state index contributed by atoms with van der Waals surface area (Å²) in [7, 11) is 0. The van der Waals surface area contributed by atoms with Crippen LogP contribution in [0.5, 0.6) is 5.75 Å². The van der Waals surface area contributed by atoms with Crippen molar-refractivity contribution in [3.05, 3.63) is 94.3 Å². The maximum Gasteiger partial charge on any atom is 0.300 e. The molecule has 0 aliphatic carbocycles. The molecule has 3 aromatic rings. The Balaban J connectivity index is 0.00000106. The minimum absolute atomic E-state index is 0.110. The Morgan fingerprint density at radius 1 is 1.06 bits per heavy atom. The van der Waals surface area contributed by atoms with E-state index in [0.29, 0.717) is 33.1 Å². The molecule has 0 saturated carbocycles. The highest BCUT2D eigenvalue weighted by Gasteiger charge is 2.12. The van der Waals surface area contributed by atoms with Crippen LogP contribution in [-0.4, -0.2) is 35.3 Å². The molecule has 6 N–H and O–H groups in total. The number of rotatable bonds is 8. The van der Waals surface area contributed by atoms with E-state index < -0.39 is 17.7 Å². The van der Waals surface area contributed by atoms with Gasteiger partial charge in [0.15, 0.2) is 6.61 Å². The first-order valence-electron chi connectivity index (χ1n) is 10.4. The molecular formula is C25H24ClFN4O5. The van der Waals surface area contributed by atoms with Gasteiger partial charge in [-0.2, -0.15) is 0 Å². The molecule has 0 fully saturated rings. The normalized spacial score (nSPS) is 9.86. The van der Waals surface area contributed by atoms with Gasteiger partial charge in [-0.05, 0) is 48.5 Å². The predicted molar refractivity (Wildman–Crippen MR) is 134 cm³/mol. The number of aliphatic carboxylic acids is 1. The number of carboxylic acid groups (broad SMARTS) is 1. The lowest BCUT2D eigenvalue weighted by Crippen LogP contribution is -2.24. The predicted octanol–water partition coefficient (Wildman–Crippen LogP) is 3.80. The van der Waals surface area contributed by atoms with Crippen molar-refractivity contribution in [2.75, 3.05) is 11.9 Å². The average Bonchev–Trinajstić information content (AvgIpc) is 2.82. The maximum absolute atomic E-state index is 13.0. The van der Waals surface area contributed by atoms with E-state index in [4.69, 9.17) is 37.4 Å². The molecule has 0 aromatic heterocycles. The number of nitrogens with two attached hydrogens (primary N) is 1. The highest BCUT2D eigenvalue weighted by Crippen LogP contribution is 2.21. The summed E-state index contributed by atoms with van der Waals surface area (Å²) in [6, 6.07) is 16.6. The van der Waals surface area contributed by atoms with Crippen LogP contribution < -0.4 is 21.1 Å². The van der Waals surface area contributed by atoms with Crippen molar-refractivity contribution in [3.63, 3.8) is 0 Å². The summed E-state index contributed by atoms with van der Waals surface area (Å²) in [6.07, 6.45) is 0. The monoisotopic (exact) mass is 514 g/mol. The molecule has 0 atom stereocenters. The molecule has 0 unspecified atom stereocenters. The smallest absolute Gasteiger partial charge is 0.300 e.